The molecule has 4 atom stereocenters. The predicted octanol–water partition coefficient (Wildman–Crippen LogP) is 4.03. The Morgan fingerprint density at radius 2 is 1.27 bits per heavy atom. The van der Waals surface area contributed by atoms with E-state index in [9.17, 15) is 9.59 Å². The fourth-order valence-corrected chi connectivity index (χ4v) is 2.84. The van der Waals surface area contributed by atoms with Crippen LogP contribution in [0.25, 0.3) is 0 Å². The molecule has 0 radical (unpaired) electrons. The van der Waals surface area contributed by atoms with Gasteiger partial charge >= 0.3 is 11.9 Å². The molecule has 22 heavy (non-hydrogen) atoms. The van der Waals surface area contributed by atoms with Gasteiger partial charge in [-0.25, -0.2) is 0 Å². The lowest BCUT2D eigenvalue weighted by Crippen LogP contribution is -2.36. The predicted molar refractivity (Wildman–Crippen MR) is 86.3 cm³/mol. The average Bonchev–Trinajstić information content (AvgIpc) is 2.47. The second-order valence-corrected chi connectivity index (χ2v) is 6.23. The van der Waals surface area contributed by atoms with Crippen LogP contribution in [0.5, 0.6) is 0 Å². The average molecular weight is 310 g/mol. The number of hydrogen-bond acceptors (Lipinski definition) is 4. The Bertz CT molecular complexity index is 353. The van der Waals surface area contributed by atoms with Crippen LogP contribution in [0.3, 0.4) is 0 Å². The molecule has 0 aromatic carbocycles. The molecule has 4 nitrogen and oxygen atoms in total. The van der Waals surface area contributed by atoms with Gasteiger partial charge in [-0.2, -0.15) is 0 Å². The summed E-state index contributed by atoms with van der Waals surface area (Å²) in [7, 11) is 0. The van der Waals surface area contributed by atoms with Crippen molar-refractivity contribution >= 4 is 11.9 Å². The van der Waals surface area contributed by atoms with Crippen molar-refractivity contribution < 1.29 is 19.1 Å². The minimum atomic E-state index is -0.411. The zero-order chi connectivity index (χ0) is 16.5. The first kappa shape index (κ1) is 18.7. The van der Waals surface area contributed by atoms with Gasteiger partial charge in [0.2, 0.25) is 0 Å². The fourth-order valence-electron chi connectivity index (χ4n) is 2.84. The molecule has 126 valence electrons. The van der Waals surface area contributed by atoms with Crippen LogP contribution in [-0.4, -0.2) is 24.1 Å². The number of ether oxygens (including phenoxy) is 2. The van der Waals surface area contributed by atoms with E-state index in [1.807, 2.05) is 26.0 Å². The van der Waals surface area contributed by atoms with Crippen molar-refractivity contribution in [3.05, 3.63) is 12.2 Å². The summed E-state index contributed by atoms with van der Waals surface area (Å²) in [5.74, 6) is -1.36. The first-order chi connectivity index (χ1) is 10.5. The van der Waals surface area contributed by atoms with E-state index in [-0.39, 0.29) is 24.1 Å². The highest BCUT2D eigenvalue weighted by Crippen LogP contribution is 2.29. The van der Waals surface area contributed by atoms with Gasteiger partial charge in [0.15, 0.2) is 0 Å². The van der Waals surface area contributed by atoms with E-state index in [1.54, 1.807) is 0 Å². The summed E-state index contributed by atoms with van der Waals surface area (Å²) in [6.45, 7) is 7.92. The molecule has 0 saturated carbocycles. The maximum absolute atomic E-state index is 12.3. The van der Waals surface area contributed by atoms with Crippen LogP contribution < -0.4 is 0 Å². The summed E-state index contributed by atoms with van der Waals surface area (Å²) < 4.78 is 11.0. The Kier molecular flexibility index (Phi) is 8.21. The van der Waals surface area contributed by atoms with Crippen molar-refractivity contribution in [2.24, 2.45) is 11.8 Å². The Hall–Kier alpha value is -1.32. The highest BCUT2D eigenvalue weighted by atomic mass is 16.6. The monoisotopic (exact) mass is 310 g/mol. The zero-order valence-corrected chi connectivity index (χ0v) is 14.3. The van der Waals surface area contributed by atoms with E-state index in [2.05, 4.69) is 13.8 Å². The Morgan fingerprint density at radius 3 is 1.59 bits per heavy atom. The first-order valence-electron chi connectivity index (χ1n) is 8.55. The van der Waals surface area contributed by atoms with Gasteiger partial charge in [-0.1, -0.05) is 38.8 Å². The van der Waals surface area contributed by atoms with Crippen molar-refractivity contribution in [2.75, 3.05) is 0 Å². The van der Waals surface area contributed by atoms with Crippen molar-refractivity contribution in [2.45, 2.75) is 78.4 Å². The summed E-state index contributed by atoms with van der Waals surface area (Å²) >= 11 is 0. The number of rotatable bonds is 8. The fraction of sp³-hybridized carbons (Fsp3) is 0.778. The summed E-state index contributed by atoms with van der Waals surface area (Å²) in [5, 5.41) is 0. The number of carbonyl (C=O) groups excluding carboxylic acids is 2. The SMILES string of the molecule is CCCC(C)OC(=O)C1CC=CCC1C(=O)OC(C)CCC. The molecule has 0 aliphatic heterocycles. The molecule has 0 spiro atoms. The first-order valence-corrected chi connectivity index (χ1v) is 8.55. The Morgan fingerprint density at radius 1 is 0.909 bits per heavy atom. The Balaban J connectivity index is 2.64. The molecule has 0 saturated heterocycles. The quantitative estimate of drug-likeness (QED) is 0.501. The summed E-state index contributed by atoms with van der Waals surface area (Å²) in [6, 6.07) is 0. The summed E-state index contributed by atoms with van der Waals surface area (Å²) in [4.78, 5) is 24.7. The third kappa shape index (κ3) is 5.82. The molecule has 0 bridgehead atoms. The molecule has 0 N–H and O–H groups in total. The largest absolute Gasteiger partial charge is 0.462 e. The summed E-state index contributed by atoms with van der Waals surface area (Å²) in [5.41, 5.74) is 0. The molecule has 0 aromatic rings. The van der Waals surface area contributed by atoms with Crippen LogP contribution in [0.15, 0.2) is 12.2 Å². The number of allylic oxidation sites excluding steroid dienone is 2. The van der Waals surface area contributed by atoms with E-state index in [4.69, 9.17) is 9.47 Å². The smallest absolute Gasteiger partial charge is 0.310 e. The third-order valence-corrected chi connectivity index (χ3v) is 4.06. The minimum absolute atomic E-state index is 0.0981. The molecule has 0 aromatic heterocycles. The van der Waals surface area contributed by atoms with Crippen molar-refractivity contribution in [3.8, 4) is 0 Å². The zero-order valence-electron chi connectivity index (χ0n) is 14.3. The molecule has 0 fully saturated rings. The van der Waals surface area contributed by atoms with E-state index < -0.39 is 11.8 Å². The number of esters is 2. The molecule has 4 unspecified atom stereocenters. The van der Waals surface area contributed by atoms with E-state index >= 15 is 0 Å². The van der Waals surface area contributed by atoms with Crippen LogP contribution in [0.1, 0.15) is 66.2 Å². The second-order valence-electron chi connectivity index (χ2n) is 6.23. The lowest BCUT2D eigenvalue weighted by molar-refractivity contribution is -0.166. The molecular weight excluding hydrogens is 280 g/mol. The second kappa shape index (κ2) is 9.65. The molecule has 0 amide bonds. The van der Waals surface area contributed by atoms with Crippen molar-refractivity contribution in [1.82, 2.24) is 0 Å². The van der Waals surface area contributed by atoms with E-state index in [0.29, 0.717) is 12.8 Å². The summed E-state index contributed by atoms with van der Waals surface area (Å²) in [6.07, 6.45) is 8.45. The number of carbonyl (C=O) groups is 2. The molecule has 4 heteroatoms. The van der Waals surface area contributed by atoms with Crippen LogP contribution in [0, 0.1) is 11.8 Å². The van der Waals surface area contributed by atoms with Crippen molar-refractivity contribution in [3.63, 3.8) is 0 Å². The molecule has 1 aliphatic rings. The van der Waals surface area contributed by atoms with Gasteiger partial charge in [-0.15, -0.1) is 0 Å². The van der Waals surface area contributed by atoms with Crippen LogP contribution in [0.4, 0.5) is 0 Å². The van der Waals surface area contributed by atoms with Gasteiger partial charge in [0.25, 0.3) is 0 Å². The molecule has 1 rings (SSSR count). The van der Waals surface area contributed by atoms with Gasteiger partial charge in [0.05, 0.1) is 24.0 Å². The van der Waals surface area contributed by atoms with E-state index in [1.165, 1.54) is 0 Å². The normalized spacial score (nSPS) is 23.6. The van der Waals surface area contributed by atoms with E-state index in [0.717, 1.165) is 25.7 Å². The topological polar surface area (TPSA) is 52.6 Å². The molecule has 1 aliphatic carbocycles. The van der Waals surface area contributed by atoms with Crippen LogP contribution in [-0.2, 0) is 19.1 Å². The lowest BCUT2D eigenvalue weighted by Gasteiger charge is -2.27. The maximum Gasteiger partial charge on any atom is 0.310 e. The van der Waals surface area contributed by atoms with Gasteiger partial charge in [0, 0.05) is 0 Å². The minimum Gasteiger partial charge on any atom is -0.462 e. The van der Waals surface area contributed by atoms with Crippen molar-refractivity contribution in [1.29, 1.82) is 0 Å². The maximum atomic E-state index is 12.3. The van der Waals surface area contributed by atoms with Gasteiger partial charge in [-0.05, 0) is 39.5 Å². The highest BCUT2D eigenvalue weighted by molar-refractivity contribution is 5.83. The van der Waals surface area contributed by atoms with Gasteiger partial charge in [0.1, 0.15) is 0 Å². The standard InChI is InChI=1S/C18H30O4/c1-5-9-13(3)21-17(19)15-11-7-8-12-16(15)18(20)22-14(4)10-6-2/h7-8,13-16H,5-6,9-12H2,1-4H3. The van der Waals surface area contributed by atoms with Gasteiger partial charge < -0.3 is 9.47 Å². The molecular formula is C18H30O4. The van der Waals surface area contributed by atoms with Crippen LogP contribution >= 0.6 is 0 Å². The van der Waals surface area contributed by atoms with Gasteiger partial charge in [-0.3, -0.25) is 9.59 Å². The Labute approximate surface area is 134 Å². The number of hydrogen-bond donors (Lipinski definition) is 0. The third-order valence-electron chi connectivity index (χ3n) is 4.06. The van der Waals surface area contributed by atoms with Crippen LogP contribution in [0.2, 0.25) is 0 Å². The molecule has 0 heterocycles. The highest BCUT2D eigenvalue weighted by Gasteiger charge is 2.37. The lowest BCUT2D eigenvalue weighted by atomic mass is 9.83.